The predicted octanol–water partition coefficient (Wildman–Crippen LogP) is 3.82. The second-order valence-corrected chi connectivity index (χ2v) is 6.83. The average molecular weight is 348 g/mol. The minimum atomic E-state index is -0.304. The van der Waals surface area contributed by atoms with Crippen molar-refractivity contribution < 1.29 is 4.39 Å². The molecule has 0 radical (unpaired) electrons. The fourth-order valence-electron chi connectivity index (χ4n) is 2.82. The zero-order chi connectivity index (χ0) is 13.6. The Morgan fingerprint density at radius 1 is 1.42 bits per heavy atom. The van der Waals surface area contributed by atoms with Crippen molar-refractivity contribution >= 4 is 33.2 Å². The molecule has 104 valence electrons. The van der Waals surface area contributed by atoms with Gasteiger partial charge in [-0.15, -0.1) is 0 Å². The molecule has 0 bridgehead atoms. The van der Waals surface area contributed by atoms with Gasteiger partial charge in [0, 0.05) is 29.6 Å². The van der Waals surface area contributed by atoms with Crippen molar-refractivity contribution in [1.29, 1.82) is 0 Å². The molecule has 1 aliphatic carbocycles. The summed E-state index contributed by atoms with van der Waals surface area (Å²) in [5.74, 6) is 0.496. The number of piperazine rings is 1. The molecule has 1 aliphatic heterocycles. The van der Waals surface area contributed by atoms with Crippen LogP contribution in [0.15, 0.2) is 16.6 Å². The summed E-state index contributed by atoms with van der Waals surface area (Å²) in [6.07, 6.45) is 2.64. The third-order valence-corrected chi connectivity index (χ3v) is 4.95. The van der Waals surface area contributed by atoms with Crippen molar-refractivity contribution in [3.8, 4) is 0 Å². The van der Waals surface area contributed by atoms with Crippen LogP contribution in [0.4, 0.5) is 10.1 Å². The van der Waals surface area contributed by atoms with Crippen LogP contribution < -0.4 is 10.2 Å². The molecule has 0 aromatic heterocycles. The van der Waals surface area contributed by atoms with Crippen LogP contribution in [0.5, 0.6) is 0 Å². The SMILES string of the molecule is CC1CNC(C2CC2)CN1c1c(Cl)cc(F)cc1Br. The maximum Gasteiger partial charge on any atom is 0.125 e. The molecule has 5 heteroatoms. The zero-order valence-electron chi connectivity index (χ0n) is 10.8. The molecular weight excluding hydrogens is 331 g/mol. The lowest BCUT2D eigenvalue weighted by Crippen LogP contribution is -2.56. The number of anilines is 1. The van der Waals surface area contributed by atoms with Gasteiger partial charge in [0.2, 0.25) is 0 Å². The van der Waals surface area contributed by atoms with Crippen molar-refractivity contribution in [3.63, 3.8) is 0 Å². The summed E-state index contributed by atoms with van der Waals surface area (Å²) in [6.45, 7) is 4.05. The summed E-state index contributed by atoms with van der Waals surface area (Å²) in [4.78, 5) is 2.30. The Bertz CT molecular complexity index is 469. The number of rotatable bonds is 2. The van der Waals surface area contributed by atoms with Gasteiger partial charge >= 0.3 is 0 Å². The molecule has 19 heavy (non-hydrogen) atoms. The summed E-state index contributed by atoms with van der Waals surface area (Å²) in [5.41, 5.74) is 0.919. The highest BCUT2D eigenvalue weighted by Crippen LogP contribution is 2.39. The molecule has 2 aliphatic rings. The monoisotopic (exact) mass is 346 g/mol. The highest BCUT2D eigenvalue weighted by atomic mass is 79.9. The number of benzene rings is 1. The smallest absolute Gasteiger partial charge is 0.125 e. The van der Waals surface area contributed by atoms with E-state index in [0.717, 1.165) is 29.2 Å². The zero-order valence-corrected chi connectivity index (χ0v) is 13.1. The van der Waals surface area contributed by atoms with Gasteiger partial charge in [-0.3, -0.25) is 0 Å². The van der Waals surface area contributed by atoms with E-state index in [2.05, 4.69) is 33.1 Å². The molecule has 0 amide bonds. The summed E-state index contributed by atoms with van der Waals surface area (Å²) in [6, 6.07) is 3.77. The Labute approximate surface area is 126 Å². The fraction of sp³-hybridized carbons (Fsp3) is 0.571. The lowest BCUT2D eigenvalue weighted by Gasteiger charge is -2.41. The first-order valence-corrected chi connectivity index (χ1v) is 7.88. The molecule has 1 N–H and O–H groups in total. The number of nitrogens with one attached hydrogen (secondary N) is 1. The van der Waals surface area contributed by atoms with Gasteiger partial charge in [-0.2, -0.15) is 0 Å². The molecule has 2 unspecified atom stereocenters. The Morgan fingerprint density at radius 3 is 2.79 bits per heavy atom. The second kappa shape index (κ2) is 5.23. The van der Waals surface area contributed by atoms with Crippen molar-refractivity contribution in [3.05, 3.63) is 27.4 Å². The minimum absolute atomic E-state index is 0.304. The van der Waals surface area contributed by atoms with E-state index in [-0.39, 0.29) is 5.82 Å². The maximum atomic E-state index is 13.3. The topological polar surface area (TPSA) is 15.3 Å². The van der Waals surface area contributed by atoms with Crippen molar-refractivity contribution in [2.24, 2.45) is 5.92 Å². The number of hydrogen-bond donors (Lipinski definition) is 1. The van der Waals surface area contributed by atoms with Gasteiger partial charge in [-0.05, 0) is 53.7 Å². The highest BCUT2D eigenvalue weighted by Gasteiger charge is 2.37. The summed E-state index contributed by atoms with van der Waals surface area (Å²) in [7, 11) is 0. The van der Waals surface area contributed by atoms with Crippen molar-refractivity contribution in [2.75, 3.05) is 18.0 Å². The number of nitrogens with zero attached hydrogens (tertiary/aromatic N) is 1. The Kier molecular flexibility index (Phi) is 3.76. The van der Waals surface area contributed by atoms with Crippen LogP contribution in [0.2, 0.25) is 5.02 Å². The van der Waals surface area contributed by atoms with E-state index >= 15 is 0 Å². The van der Waals surface area contributed by atoms with Gasteiger partial charge < -0.3 is 10.2 Å². The van der Waals surface area contributed by atoms with E-state index in [1.807, 2.05) is 0 Å². The first-order chi connectivity index (χ1) is 9.06. The summed E-state index contributed by atoms with van der Waals surface area (Å²) < 4.78 is 14.1. The van der Waals surface area contributed by atoms with Gasteiger partial charge in [0.1, 0.15) is 5.82 Å². The Morgan fingerprint density at radius 2 is 2.16 bits per heavy atom. The summed E-state index contributed by atoms with van der Waals surface area (Å²) >= 11 is 9.69. The first kappa shape index (κ1) is 13.7. The van der Waals surface area contributed by atoms with Gasteiger partial charge in [0.25, 0.3) is 0 Å². The largest absolute Gasteiger partial charge is 0.364 e. The molecule has 1 aromatic rings. The van der Waals surface area contributed by atoms with E-state index < -0.39 is 0 Å². The van der Waals surface area contributed by atoms with Crippen LogP contribution in [-0.2, 0) is 0 Å². The summed E-state index contributed by atoms with van der Waals surface area (Å²) in [5, 5.41) is 4.09. The first-order valence-electron chi connectivity index (χ1n) is 6.71. The molecule has 1 saturated heterocycles. The van der Waals surface area contributed by atoms with Crippen LogP contribution in [0.1, 0.15) is 19.8 Å². The van der Waals surface area contributed by atoms with Crippen molar-refractivity contribution in [2.45, 2.75) is 31.8 Å². The number of halogens is 3. The predicted molar refractivity (Wildman–Crippen MR) is 80.4 cm³/mol. The molecule has 0 spiro atoms. The normalized spacial score (nSPS) is 27.7. The van der Waals surface area contributed by atoms with E-state index in [1.54, 1.807) is 0 Å². The Balaban J connectivity index is 1.90. The van der Waals surface area contributed by atoms with E-state index in [9.17, 15) is 4.39 Å². The molecule has 2 atom stereocenters. The second-order valence-electron chi connectivity index (χ2n) is 5.57. The van der Waals surface area contributed by atoms with Crippen LogP contribution in [0.3, 0.4) is 0 Å². The van der Waals surface area contributed by atoms with Gasteiger partial charge in [-0.1, -0.05) is 11.6 Å². The van der Waals surface area contributed by atoms with Crippen LogP contribution in [0, 0.1) is 11.7 Å². The lowest BCUT2D eigenvalue weighted by molar-refractivity contribution is 0.375. The molecule has 1 aromatic carbocycles. The molecule has 1 saturated carbocycles. The fourth-order valence-corrected chi connectivity index (χ4v) is 3.91. The molecular formula is C14H17BrClFN2. The van der Waals surface area contributed by atoms with E-state index in [0.29, 0.717) is 17.1 Å². The molecule has 2 fully saturated rings. The molecule has 3 rings (SSSR count). The number of hydrogen-bond acceptors (Lipinski definition) is 2. The quantitative estimate of drug-likeness (QED) is 0.875. The van der Waals surface area contributed by atoms with Gasteiger partial charge in [0.05, 0.1) is 10.7 Å². The highest BCUT2D eigenvalue weighted by molar-refractivity contribution is 9.10. The van der Waals surface area contributed by atoms with Crippen molar-refractivity contribution in [1.82, 2.24) is 5.32 Å². The Hall–Kier alpha value is -0.320. The van der Waals surface area contributed by atoms with Crippen LogP contribution >= 0.6 is 27.5 Å². The van der Waals surface area contributed by atoms with Crippen LogP contribution in [-0.4, -0.2) is 25.2 Å². The minimum Gasteiger partial charge on any atom is -0.364 e. The van der Waals surface area contributed by atoms with Gasteiger partial charge in [-0.25, -0.2) is 4.39 Å². The maximum absolute atomic E-state index is 13.3. The average Bonchev–Trinajstić information content (AvgIpc) is 3.14. The standard InChI is InChI=1S/C14H17BrClFN2/c1-8-6-18-13(9-2-3-9)7-19(8)14-11(15)4-10(17)5-12(14)16/h4-5,8-9,13,18H,2-3,6-7H2,1H3. The third kappa shape index (κ3) is 2.76. The van der Waals surface area contributed by atoms with Crippen LogP contribution in [0.25, 0.3) is 0 Å². The molecule has 1 heterocycles. The molecule has 2 nitrogen and oxygen atoms in total. The lowest BCUT2D eigenvalue weighted by atomic mass is 10.1. The van der Waals surface area contributed by atoms with Gasteiger partial charge in [0.15, 0.2) is 0 Å². The van der Waals surface area contributed by atoms with E-state index in [1.165, 1.54) is 25.0 Å². The third-order valence-electron chi connectivity index (χ3n) is 4.06. The van der Waals surface area contributed by atoms with E-state index in [4.69, 9.17) is 11.6 Å².